The molecule has 5 aromatic rings. The Bertz CT molecular complexity index is 1690. The van der Waals surface area contributed by atoms with E-state index in [9.17, 15) is 10.1 Å². The van der Waals surface area contributed by atoms with Crippen molar-refractivity contribution in [2.75, 3.05) is 0 Å². The average molecular weight is 535 g/mol. The van der Waals surface area contributed by atoms with Crippen molar-refractivity contribution in [2.24, 2.45) is 5.10 Å². The largest absolute Gasteiger partial charge is 0.488 e. The fourth-order valence-corrected chi connectivity index (χ4v) is 4.17. The van der Waals surface area contributed by atoms with Crippen molar-refractivity contribution in [2.45, 2.75) is 6.61 Å². The third-order valence-electron chi connectivity index (χ3n) is 5.59. The van der Waals surface area contributed by atoms with Crippen LogP contribution >= 0.6 is 15.9 Å². The predicted octanol–water partition coefficient (Wildman–Crippen LogP) is 6.16. The highest BCUT2D eigenvalue weighted by Crippen LogP contribution is 2.24. The van der Waals surface area contributed by atoms with Crippen molar-refractivity contribution in [3.63, 3.8) is 0 Å². The van der Waals surface area contributed by atoms with Gasteiger partial charge in [-0.15, -0.1) is 0 Å². The topological polar surface area (TPSA) is 80.3 Å². The highest BCUT2D eigenvalue weighted by molar-refractivity contribution is 9.10. The molecule has 0 aliphatic rings. The van der Waals surface area contributed by atoms with Crippen molar-refractivity contribution in [3.8, 4) is 23.2 Å². The zero-order valence-electron chi connectivity index (χ0n) is 19.0. The third kappa shape index (κ3) is 4.81. The maximum absolute atomic E-state index is 13.4. The Kier molecular flexibility index (Phi) is 6.69. The molecular formula is C29H19BrN4O2. The summed E-state index contributed by atoms with van der Waals surface area (Å²) in [4.78, 5) is 18.1. The van der Waals surface area contributed by atoms with Crippen LogP contribution in [-0.2, 0) is 6.61 Å². The summed E-state index contributed by atoms with van der Waals surface area (Å²) in [5.41, 5.74) is 3.12. The second-order valence-corrected chi connectivity index (χ2v) is 8.84. The summed E-state index contributed by atoms with van der Waals surface area (Å²) in [6.45, 7) is 0.221. The van der Waals surface area contributed by atoms with Gasteiger partial charge in [0.05, 0.1) is 28.8 Å². The van der Waals surface area contributed by atoms with Gasteiger partial charge < -0.3 is 4.74 Å². The quantitative estimate of drug-likeness (QED) is 0.244. The van der Waals surface area contributed by atoms with Crippen LogP contribution in [0, 0.1) is 11.3 Å². The first-order chi connectivity index (χ1) is 17.6. The Morgan fingerprint density at radius 1 is 0.972 bits per heavy atom. The molecule has 0 fully saturated rings. The second kappa shape index (κ2) is 10.4. The smallest absolute Gasteiger partial charge is 0.282 e. The molecule has 174 valence electrons. The zero-order chi connectivity index (χ0) is 24.9. The molecule has 0 bridgehead atoms. The molecule has 4 aromatic carbocycles. The molecule has 5 rings (SSSR count). The lowest BCUT2D eigenvalue weighted by Gasteiger charge is -2.12. The molecule has 1 aromatic heterocycles. The Balaban J connectivity index is 1.56. The normalized spacial score (nSPS) is 11.0. The minimum absolute atomic E-state index is 0.221. The first-order valence-corrected chi connectivity index (χ1v) is 12.0. The molecule has 0 N–H and O–H groups in total. The summed E-state index contributed by atoms with van der Waals surface area (Å²) in [5.74, 6) is 1.01. The standard InChI is InChI=1S/C29H19BrN4O2/c30-24-14-15-27(36-19-22-11-5-4-10-21(22)17-31)23(16-24)18-32-34-28(20-8-2-1-3-9-20)33-26-13-7-6-12-25(26)29(34)35/h1-16,18H,19H2. The third-order valence-corrected chi connectivity index (χ3v) is 6.08. The molecule has 1 heterocycles. The molecule has 0 spiro atoms. The average Bonchev–Trinajstić information content (AvgIpc) is 2.92. The van der Waals surface area contributed by atoms with Gasteiger partial charge in [-0.05, 0) is 36.4 Å². The number of nitrogens with zero attached hydrogens (tertiary/aromatic N) is 4. The Morgan fingerprint density at radius 3 is 2.56 bits per heavy atom. The van der Waals surface area contributed by atoms with Gasteiger partial charge in [-0.3, -0.25) is 4.79 Å². The van der Waals surface area contributed by atoms with Gasteiger partial charge in [0.15, 0.2) is 5.82 Å². The minimum Gasteiger partial charge on any atom is -0.488 e. The molecule has 0 unspecified atom stereocenters. The summed E-state index contributed by atoms with van der Waals surface area (Å²) in [5, 5.41) is 14.4. The molecule has 36 heavy (non-hydrogen) atoms. The van der Waals surface area contributed by atoms with Crippen LogP contribution in [0.25, 0.3) is 22.3 Å². The highest BCUT2D eigenvalue weighted by atomic mass is 79.9. The van der Waals surface area contributed by atoms with E-state index < -0.39 is 0 Å². The second-order valence-electron chi connectivity index (χ2n) is 7.92. The van der Waals surface area contributed by atoms with E-state index in [-0.39, 0.29) is 12.2 Å². The maximum atomic E-state index is 13.4. The van der Waals surface area contributed by atoms with E-state index in [1.54, 1.807) is 24.4 Å². The van der Waals surface area contributed by atoms with Crippen molar-refractivity contribution in [1.29, 1.82) is 5.26 Å². The molecular weight excluding hydrogens is 516 g/mol. The van der Waals surface area contributed by atoms with Gasteiger partial charge in [-0.2, -0.15) is 15.0 Å². The first kappa shape index (κ1) is 23.2. The van der Waals surface area contributed by atoms with E-state index in [0.717, 1.165) is 15.6 Å². The van der Waals surface area contributed by atoms with E-state index >= 15 is 0 Å². The summed E-state index contributed by atoms with van der Waals surface area (Å²) in [7, 11) is 0. The summed E-state index contributed by atoms with van der Waals surface area (Å²) in [6.07, 6.45) is 1.58. The molecule has 0 saturated carbocycles. The Labute approximate surface area is 215 Å². The summed E-state index contributed by atoms with van der Waals surface area (Å²) in [6, 6.07) is 31.7. The lowest BCUT2D eigenvalue weighted by atomic mass is 10.1. The highest BCUT2D eigenvalue weighted by Gasteiger charge is 2.13. The molecule has 0 saturated heterocycles. The van der Waals surface area contributed by atoms with Crippen LogP contribution in [0.4, 0.5) is 0 Å². The van der Waals surface area contributed by atoms with Gasteiger partial charge in [0.2, 0.25) is 0 Å². The fourth-order valence-electron chi connectivity index (χ4n) is 3.79. The van der Waals surface area contributed by atoms with Crippen molar-refractivity contribution in [1.82, 2.24) is 9.66 Å². The Hall–Kier alpha value is -4.54. The van der Waals surface area contributed by atoms with Gasteiger partial charge in [0, 0.05) is 21.2 Å². The van der Waals surface area contributed by atoms with Gasteiger partial charge in [0.1, 0.15) is 12.4 Å². The fraction of sp³-hybridized carbons (Fsp3) is 0.0345. The molecule has 0 aliphatic carbocycles. The van der Waals surface area contributed by atoms with E-state index in [2.05, 4.69) is 27.1 Å². The lowest BCUT2D eigenvalue weighted by Crippen LogP contribution is -2.20. The molecule has 0 atom stereocenters. The van der Waals surface area contributed by atoms with E-state index in [1.165, 1.54) is 4.68 Å². The number of nitriles is 1. The van der Waals surface area contributed by atoms with Crippen LogP contribution in [0.5, 0.6) is 5.75 Å². The number of ether oxygens (including phenoxy) is 1. The number of benzene rings is 4. The van der Waals surface area contributed by atoms with Crippen LogP contribution in [0.15, 0.2) is 111 Å². The predicted molar refractivity (Wildman–Crippen MR) is 144 cm³/mol. The van der Waals surface area contributed by atoms with Gasteiger partial charge in [-0.25, -0.2) is 4.98 Å². The number of hydrogen-bond acceptors (Lipinski definition) is 5. The number of halogens is 1. The lowest BCUT2D eigenvalue weighted by molar-refractivity contribution is 0.305. The number of para-hydroxylation sites is 1. The monoisotopic (exact) mass is 534 g/mol. The maximum Gasteiger partial charge on any atom is 0.282 e. The van der Waals surface area contributed by atoms with Crippen LogP contribution < -0.4 is 10.3 Å². The van der Waals surface area contributed by atoms with Crippen LogP contribution in [0.1, 0.15) is 16.7 Å². The molecule has 7 heteroatoms. The first-order valence-electron chi connectivity index (χ1n) is 11.2. The summed E-state index contributed by atoms with van der Waals surface area (Å²) >= 11 is 3.50. The van der Waals surface area contributed by atoms with Crippen LogP contribution in [0.2, 0.25) is 0 Å². The minimum atomic E-state index is -0.267. The number of fused-ring (bicyclic) bond motifs is 1. The molecule has 0 aliphatic heterocycles. The summed E-state index contributed by atoms with van der Waals surface area (Å²) < 4.78 is 8.21. The molecule has 0 radical (unpaired) electrons. The van der Waals surface area contributed by atoms with E-state index in [1.807, 2.05) is 78.9 Å². The number of aromatic nitrogens is 2. The number of rotatable bonds is 6. The molecule has 0 amide bonds. The zero-order valence-corrected chi connectivity index (χ0v) is 20.6. The SMILES string of the molecule is N#Cc1ccccc1COc1ccc(Br)cc1C=Nn1c(-c2ccccc2)nc2ccccc2c1=O. The van der Waals surface area contributed by atoms with E-state index in [0.29, 0.717) is 33.6 Å². The van der Waals surface area contributed by atoms with Crippen molar-refractivity contribution >= 4 is 33.0 Å². The molecule has 6 nitrogen and oxygen atoms in total. The van der Waals surface area contributed by atoms with Gasteiger partial charge in [0.25, 0.3) is 5.56 Å². The van der Waals surface area contributed by atoms with Crippen LogP contribution in [-0.4, -0.2) is 15.9 Å². The van der Waals surface area contributed by atoms with Gasteiger partial charge >= 0.3 is 0 Å². The van der Waals surface area contributed by atoms with E-state index in [4.69, 9.17) is 9.72 Å². The number of hydrogen-bond donors (Lipinski definition) is 0. The van der Waals surface area contributed by atoms with Crippen molar-refractivity contribution < 1.29 is 4.74 Å². The van der Waals surface area contributed by atoms with Gasteiger partial charge in [-0.1, -0.05) is 76.6 Å². The van der Waals surface area contributed by atoms with Crippen LogP contribution in [0.3, 0.4) is 0 Å². The van der Waals surface area contributed by atoms with Crippen molar-refractivity contribution in [3.05, 3.63) is 129 Å². The Morgan fingerprint density at radius 2 is 1.72 bits per heavy atom.